The molecule has 96 valence electrons. The molecule has 18 heavy (non-hydrogen) atoms. The van der Waals surface area contributed by atoms with Gasteiger partial charge in [0.25, 0.3) is 0 Å². The van der Waals surface area contributed by atoms with Crippen molar-refractivity contribution in [1.82, 2.24) is 0 Å². The highest BCUT2D eigenvalue weighted by atomic mass is 79.9. The van der Waals surface area contributed by atoms with Gasteiger partial charge < -0.3 is 5.11 Å². The standard InChI is InChI=1S/C14H14BrFOS/c1-14(17,9-13-12(15)5-6-18-13)8-10-3-2-4-11(16)7-10/h2-7,17H,8-9H2,1H3. The van der Waals surface area contributed by atoms with Crippen LogP contribution >= 0.6 is 27.3 Å². The zero-order valence-electron chi connectivity index (χ0n) is 9.99. The fourth-order valence-corrected chi connectivity index (χ4v) is 3.62. The lowest BCUT2D eigenvalue weighted by Gasteiger charge is -2.23. The van der Waals surface area contributed by atoms with Crippen molar-refractivity contribution < 1.29 is 9.50 Å². The van der Waals surface area contributed by atoms with E-state index in [1.54, 1.807) is 24.3 Å². The molecule has 1 aromatic carbocycles. The van der Waals surface area contributed by atoms with Crippen LogP contribution in [0.25, 0.3) is 0 Å². The zero-order valence-corrected chi connectivity index (χ0v) is 12.4. The Hall–Kier alpha value is -0.710. The van der Waals surface area contributed by atoms with Gasteiger partial charge in [-0.2, -0.15) is 0 Å². The van der Waals surface area contributed by atoms with E-state index in [0.29, 0.717) is 12.8 Å². The van der Waals surface area contributed by atoms with Crippen molar-refractivity contribution in [1.29, 1.82) is 0 Å². The molecule has 0 aliphatic rings. The van der Waals surface area contributed by atoms with Crippen LogP contribution in [0.2, 0.25) is 0 Å². The van der Waals surface area contributed by atoms with Gasteiger partial charge in [-0.3, -0.25) is 0 Å². The average molecular weight is 329 g/mol. The summed E-state index contributed by atoms with van der Waals surface area (Å²) in [7, 11) is 0. The maximum Gasteiger partial charge on any atom is 0.123 e. The van der Waals surface area contributed by atoms with Crippen molar-refractivity contribution in [2.75, 3.05) is 0 Å². The van der Waals surface area contributed by atoms with E-state index in [9.17, 15) is 9.50 Å². The molecule has 0 saturated carbocycles. The van der Waals surface area contributed by atoms with Crippen LogP contribution in [0.3, 0.4) is 0 Å². The van der Waals surface area contributed by atoms with Crippen molar-refractivity contribution in [3.05, 3.63) is 56.4 Å². The van der Waals surface area contributed by atoms with Crippen molar-refractivity contribution in [2.45, 2.75) is 25.4 Å². The van der Waals surface area contributed by atoms with Gasteiger partial charge in [-0.25, -0.2) is 4.39 Å². The summed E-state index contributed by atoms with van der Waals surface area (Å²) in [5.74, 6) is -0.263. The average Bonchev–Trinajstić information content (AvgIpc) is 2.62. The monoisotopic (exact) mass is 328 g/mol. The number of hydrogen-bond donors (Lipinski definition) is 1. The molecule has 1 unspecified atom stereocenters. The van der Waals surface area contributed by atoms with Crippen LogP contribution in [0.4, 0.5) is 4.39 Å². The number of rotatable bonds is 4. The molecule has 0 radical (unpaired) electrons. The third kappa shape index (κ3) is 3.64. The lowest BCUT2D eigenvalue weighted by atomic mass is 9.92. The molecule has 0 spiro atoms. The molecule has 1 N–H and O–H groups in total. The van der Waals surface area contributed by atoms with Gasteiger partial charge >= 0.3 is 0 Å². The molecule has 0 amide bonds. The van der Waals surface area contributed by atoms with Gasteiger partial charge in [0, 0.05) is 22.2 Å². The normalized spacial score (nSPS) is 14.4. The first-order valence-electron chi connectivity index (χ1n) is 5.65. The number of benzene rings is 1. The summed E-state index contributed by atoms with van der Waals surface area (Å²) in [4.78, 5) is 1.11. The lowest BCUT2D eigenvalue weighted by Crippen LogP contribution is -2.29. The van der Waals surface area contributed by atoms with E-state index < -0.39 is 5.60 Å². The first-order chi connectivity index (χ1) is 8.46. The Bertz CT molecular complexity index is 536. The minimum absolute atomic E-state index is 0.263. The van der Waals surface area contributed by atoms with E-state index in [1.807, 2.05) is 17.5 Å². The maximum absolute atomic E-state index is 13.1. The summed E-state index contributed by atoms with van der Waals surface area (Å²) in [6.45, 7) is 1.78. The highest BCUT2D eigenvalue weighted by Crippen LogP contribution is 2.28. The zero-order chi connectivity index (χ0) is 13.2. The first kappa shape index (κ1) is 13.7. The molecule has 0 aliphatic carbocycles. The summed E-state index contributed by atoms with van der Waals surface area (Å²) >= 11 is 5.06. The second kappa shape index (κ2) is 5.51. The van der Waals surface area contributed by atoms with Crippen molar-refractivity contribution in [3.63, 3.8) is 0 Å². The third-order valence-corrected chi connectivity index (χ3v) is 4.63. The van der Waals surface area contributed by atoms with Gasteiger partial charge in [0.15, 0.2) is 0 Å². The van der Waals surface area contributed by atoms with E-state index in [2.05, 4.69) is 15.9 Å². The summed E-state index contributed by atoms with van der Waals surface area (Å²) in [5, 5.41) is 12.4. The fraction of sp³-hybridized carbons (Fsp3) is 0.286. The Kier molecular flexibility index (Phi) is 4.20. The first-order valence-corrected chi connectivity index (χ1v) is 7.32. The topological polar surface area (TPSA) is 20.2 Å². The maximum atomic E-state index is 13.1. The van der Waals surface area contributed by atoms with Crippen LogP contribution in [0.1, 0.15) is 17.4 Å². The molecule has 1 nitrogen and oxygen atoms in total. The van der Waals surface area contributed by atoms with Crippen LogP contribution < -0.4 is 0 Å². The molecule has 2 rings (SSSR count). The predicted octanol–water partition coefficient (Wildman–Crippen LogP) is 4.19. The second-order valence-electron chi connectivity index (χ2n) is 4.67. The lowest BCUT2D eigenvalue weighted by molar-refractivity contribution is 0.0614. The fourth-order valence-electron chi connectivity index (χ4n) is 1.95. The summed E-state index contributed by atoms with van der Waals surface area (Å²) in [5.41, 5.74) is -0.0612. The number of halogens is 2. The number of hydrogen-bond acceptors (Lipinski definition) is 2. The largest absolute Gasteiger partial charge is 0.389 e. The predicted molar refractivity (Wildman–Crippen MR) is 76.5 cm³/mol. The van der Waals surface area contributed by atoms with Crippen molar-refractivity contribution >= 4 is 27.3 Å². The van der Waals surface area contributed by atoms with Gasteiger partial charge in [0.1, 0.15) is 5.82 Å². The van der Waals surface area contributed by atoms with Crippen LogP contribution in [-0.4, -0.2) is 10.7 Å². The minimum atomic E-state index is -0.874. The smallest absolute Gasteiger partial charge is 0.123 e. The highest BCUT2D eigenvalue weighted by molar-refractivity contribution is 9.10. The van der Waals surface area contributed by atoms with Crippen LogP contribution in [0.5, 0.6) is 0 Å². The van der Waals surface area contributed by atoms with E-state index in [-0.39, 0.29) is 5.82 Å². The summed E-state index contributed by atoms with van der Waals surface area (Å²) in [6, 6.07) is 8.35. The molecular formula is C14H14BrFOS. The van der Waals surface area contributed by atoms with E-state index in [0.717, 1.165) is 14.9 Å². The molecular weight excluding hydrogens is 315 g/mol. The molecule has 1 atom stereocenters. The molecule has 1 aromatic heterocycles. The van der Waals surface area contributed by atoms with Crippen molar-refractivity contribution in [2.24, 2.45) is 0 Å². The van der Waals surface area contributed by atoms with Gasteiger partial charge in [0.05, 0.1) is 5.60 Å². The van der Waals surface area contributed by atoms with E-state index in [1.165, 1.54) is 12.1 Å². The molecule has 0 bridgehead atoms. The number of aliphatic hydroxyl groups is 1. The van der Waals surface area contributed by atoms with Crippen LogP contribution in [-0.2, 0) is 12.8 Å². The summed E-state index contributed by atoms with van der Waals surface area (Å²) in [6.07, 6.45) is 0.997. The van der Waals surface area contributed by atoms with Gasteiger partial charge in [-0.05, 0) is 52.0 Å². The van der Waals surface area contributed by atoms with Gasteiger partial charge in [-0.15, -0.1) is 11.3 Å². The molecule has 0 fully saturated rings. The molecule has 0 aliphatic heterocycles. The van der Waals surface area contributed by atoms with Gasteiger partial charge in [-0.1, -0.05) is 12.1 Å². The highest BCUT2D eigenvalue weighted by Gasteiger charge is 2.23. The quantitative estimate of drug-likeness (QED) is 0.892. The Morgan fingerprint density at radius 3 is 2.72 bits per heavy atom. The Balaban J connectivity index is 2.10. The Morgan fingerprint density at radius 2 is 2.11 bits per heavy atom. The Labute approximate surface area is 118 Å². The SMILES string of the molecule is CC(O)(Cc1cccc(F)c1)Cc1sccc1Br. The molecule has 2 aromatic rings. The van der Waals surface area contributed by atoms with Crippen molar-refractivity contribution in [3.8, 4) is 0 Å². The van der Waals surface area contributed by atoms with E-state index >= 15 is 0 Å². The summed E-state index contributed by atoms with van der Waals surface area (Å²) < 4.78 is 14.1. The Morgan fingerprint density at radius 1 is 1.33 bits per heavy atom. The third-order valence-electron chi connectivity index (χ3n) is 2.71. The second-order valence-corrected chi connectivity index (χ2v) is 6.53. The molecule has 4 heteroatoms. The minimum Gasteiger partial charge on any atom is -0.389 e. The van der Waals surface area contributed by atoms with Gasteiger partial charge in [0.2, 0.25) is 0 Å². The number of thiophene rings is 1. The van der Waals surface area contributed by atoms with E-state index in [4.69, 9.17) is 0 Å². The van der Waals surface area contributed by atoms with Crippen LogP contribution in [0, 0.1) is 5.82 Å². The van der Waals surface area contributed by atoms with Crippen LogP contribution in [0.15, 0.2) is 40.2 Å². The molecule has 1 heterocycles. The molecule has 0 saturated heterocycles.